The summed E-state index contributed by atoms with van der Waals surface area (Å²) in [7, 11) is 0. The minimum absolute atomic E-state index is 0.223. The largest absolute Gasteiger partial charge is 0.453 e. The number of hydrogen-bond donors (Lipinski definition) is 1. The zero-order chi connectivity index (χ0) is 13.2. The van der Waals surface area contributed by atoms with Gasteiger partial charge in [0.05, 0.1) is 12.4 Å². The van der Waals surface area contributed by atoms with Gasteiger partial charge in [-0.25, -0.2) is 4.98 Å². The van der Waals surface area contributed by atoms with Crippen LogP contribution >= 0.6 is 15.9 Å². The van der Waals surface area contributed by atoms with Crippen molar-refractivity contribution in [3.8, 4) is 0 Å². The molecule has 0 bridgehead atoms. The highest BCUT2D eigenvalue weighted by Gasteiger charge is 2.29. The van der Waals surface area contributed by atoms with Gasteiger partial charge in [0.15, 0.2) is 4.67 Å². The summed E-state index contributed by atoms with van der Waals surface area (Å²) in [4.78, 5) is 4.15. The predicted molar refractivity (Wildman–Crippen MR) is 76.9 cm³/mol. The van der Waals surface area contributed by atoms with Crippen molar-refractivity contribution in [2.75, 3.05) is 0 Å². The Hall–Kier alpha value is -1.07. The number of imidazole rings is 1. The number of nitrogens with zero attached hydrogens (tertiary/aromatic N) is 2. The van der Waals surface area contributed by atoms with Gasteiger partial charge in [0.25, 0.3) is 0 Å². The first-order chi connectivity index (χ1) is 9.24. The molecular weight excluding hydrogens is 306 g/mol. The molecule has 1 aliphatic rings. The van der Waals surface area contributed by atoms with E-state index in [0.29, 0.717) is 12.1 Å². The van der Waals surface area contributed by atoms with E-state index in [9.17, 15) is 0 Å². The minimum atomic E-state index is 0.223. The third-order valence-electron chi connectivity index (χ3n) is 3.87. The van der Waals surface area contributed by atoms with Crippen LogP contribution in [-0.2, 0) is 0 Å². The third-order valence-corrected chi connectivity index (χ3v) is 4.30. The van der Waals surface area contributed by atoms with Crippen molar-refractivity contribution in [1.82, 2.24) is 14.9 Å². The topological polar surface area (TPSA) is 43.0 Å². The van der Waals surface area contributed by atoms with Crippen molar-refractivity contribution < 1.29 is 4.42 Å². The molecule has 0 saturated heterocycles. The van der Waals surface area contributed by atoms with Gasteiger partial charge in [0, 0.05) is 24.5 Å². The fourth-order valence-corrected chi connectivity index (χ4v) is 3.24. The number of furan rings is 1. The Bertz CT molecular complexity index is 523. The van der Waals surface area contributed by atoms with Crippen molar-refractivity contribution >= 4 is 15.9 Å². The van der Waals surface area contributed by atoms with Gasteiger partial charge < -0.3 is 14.3 Å². The molecule has 1 N–H and O–H groups in total. The Kier molecular flexibility index (Phi) is 3.75. The van der Waals surface area contributed by atoms with Gasteiger partial charge in [0.2, 0.25) is 0 Å². The van der Waals surface area contributed by atoms with Gasteiger partial charge in [-0.1, -0.05) is 0 Å². The van der Waals surface area contributed by atoms with Crippen LogP contribution in [0.4, 0.5) is 0 Å². The molecule has 1 aliphatic carbocycles. The molecule has 5 heteroatoms. The maximum atomic E-state index is 5.62. The van der Waals surface area contributed by atoms with E-state index in [1.807, 2.05) is 24.7 Å². The minimum Gasteiger partial charge on any atom is -0.453 e. The standard InChI is InChI=1S/C14H18BrN3O/c1-10(13-5-6-14(15)19-13)17-11-3-2-4-12(11)18-8-7-16-9-18/h5-12,17H,2-4H2,1H3. The van der Waals surface area contributed by atoms with E-state index in [2.05, 4.69) is 43.9 Å². The van der Waals surface area contributed by atoms with Crippen LogP contribution in [0, 0.1) is 0 Å². The lowest BCUT2D eigenvalue weighted by Crippen LogP contribution is -2.35. The zero-order valence-corrected chi connectivity index (χ0v) is 12.5. The average molecular weight is 324 g/mol. The molecule has 4 nitrogen and oxygen atoms in total. The van der Waals surface area contributed by atoms with E-state index in [1.165, 1.54) is 19.3 Å². The maximum Gasteiger partial charge on any atom is 0.169 e. The van der Waals surface area contributed by atoms with Crippen LogP contribution in [0.25, 0.3) is 0 Å². The fourth-order valence-electron chi connectivity index (χ4n) is 2.92. The fraction of sp³-hybridized carbons (Fsp3) is 0.500. The third kappa shape index (κ3) is 2.77. The molecule has 0 amide bonds. The molecule has 102 valence electrons. The van der Waals surface area contributed by atoms with E-state index in [-0.39, 0.29) is 6.04 Å². The molecule has 0 aliphatic heterocycles. The Balaban J connectivity index is 1.68. The molecule has 0 radical (unpaired) electrons. The van der Waals surface area contributed by atoms with E-state index in [1.54, 1.807) is 0 Å². The first kappa shape index (κ1) is 12.9. The molecule has 0 aromatic carbocycles. The van der Waals surface area contributed by atoms with Crippen molar-refractivity contribution in [2.24, 2.45) is 0 Å². The first-order valence-corrected chi connectivity index (χ1v) is 7.52. The normalized spacial score (nSPS) is 24.7. The van der Waals surface area contributed by atoms with Gasteiger partial charge in [0.1, 0.15) is 5.76 Å². The lowest BCUT2D eigenvalue weighted by molar-refractivity contribution is 0.332. The molecular formula is C14H18BrN3O. The van der Waals surface area contributed by atoms with Crippen LogP contribution in [0.15, 0.2) is 39.9 Å². The predicted octanol–water partition coefficient (Wildman–Crippen LogP) is 3.68. The van der Waals surface area contributed by atoms with Crippen LogP contribution in [-0.4, -0.2) is 15.6 Å². The van der Waals surface area contributed by atoms with Crippen LogP contribution in [0.5, 0.6) is 0 Å². The Morgan fingerprint density at radius 3 is 3.05 bits per heavy atom. The summed E-state index contributed by atoms with van der Waals surface area (Å²) in [6, 6.07) is 5.16. The Morgan fingerprint density at radius 2 is 2.37 bits per heavy atom. The summed E-state index contributed by atoms with van der Waals surface area (Å²) in [6.07, 6.45) is 9.49. The van der Waals surface area contributed by atoms with Gasteiger partial charge in [-0.15, -0.1) is 0 Å². The summed E-state index contributed by atoms with van der Waals surface area (Å²) >= 11 is 3.35. The number of rotatable bonds is 4. The maximum absolute atomic E-state index is 5.62. The van der Waals surface area contributed by atoms with Crippen LogP contribution in [0.3, 0.4) is 0 Å². The van der Waals surface area contributed by atoms with E-state index >= 15 is 0 Å². The molecule has 3 atom stereocenters. The summed E-state index contributed by atoms with van der Waals surface area (Å²) in [5.74, 6) is 0.975. The lowest BCUT2D eigenvalue weighted by atomic mass is 10.1. The van der Waals surface area contributed by atoms with E-state index in [4.69, 9.17) is 4.42 Å². The summed E-state index contributed by atoms with van der Waals surface area (Å²) in [5.41, 5.74) is 0. The van der Waals surface area contributed by atoms with Crippen LogP contribution in [0.2, 0.25) is 0 Å². The monoisotopic (exact) mass is 323 g/mol. The molecule has 1 fully saturated rings. The second kappa shape index (κ2) is 5.51. The van der Waals surface area contributed by atoms with Crippen LogP contribution in [0.1, 0.15) is 44.0 Å². The zero-order valence-electron chi connectivity index (χ0n) is 10.9. The molecule has 19 heavy (non-hydrogen) atoms. The van der Waals surface area contributed by atoms with Gasteiger partial charge >= 0.3 is 0 Å². The van der Waals surface area contributed by atoms with Crippen LogP contribution < -0.4 is 5.32 Å². The highest BCUT2D eigenvalue weighted by atomic mass is 79.9. The summed E-state index contributed by atoms with van der Waals surface area (Å²) in [5, 5.41) is 3.68. The molecule has 2 aromatic heterocycles. The number of halogens is 1. The quantitative estimate of drug-likeness (QED) is 0.933. The van der Waals surface area contributed by atoms with Gasteiger partial charge in [-0.3, -0.25) is 0 Å². The second-order valence-electron chi connectivity index (χ2n) is 5.14. The Morgan fingerprint density at radius 1 is 1.47 bits per heavy atom. The SMILES string of the molecule is CC(NC1CCCC1n1ccnc1)c1ccc(Br)o1. The number of nitrogens with one attached hydrogen (secondary N) is 1. The molecule has 1 saturated carbocycles. The molecule has 2 aromatic rings. The van der Waals surface area contributed by atoms with Gasteiger partial charge in [-0.05, 0) is 54.2 Å². The summed E-state index contributed by atoms with van der Waals surface area (Å²) < 4.78 is 8.62. The molecule has 2 heterocycles. The highest BCUT2D eigenvalue weighted by molar-refractivity contribution is 9.10. The smallest absolute Gasteiger partial charge is 0.169 e. The van der Waals surface area contributed by atoms with E-state index in [0.717, 1.165) is 10.4 Å². The van der Waals surface area contributed by atoms with Crippen molar-refractivity contribution in [3.05, 3.63) is 41.3 Å². The van der Waals surface area contributed by atoms with Crippen molar-refractivity contribution in [2.45, 2.75) is 44.3 Å². The van der Waals surface area contributed by atoms with Gasteiger partial charge in [-0.2, -0.15) is 0 Å². The summed E-state index contributed by atoms with van der Waals surface area (Å²) in [6.45, 7) is 2.15. The molecule has 3 unspecified atom stereocenters. The highest BCUT2D eigenvalue weighted by Crippen LogP contribution is 2.32. The lowest BCUT2D eigenvalue weighted by Gasteiger charge is -2.25. The Labute approximate surface area is 121 Å². The number of aromatic nitrogens is 2. The van der Waals surface area contributed by atoms with Crippen molar-refractivity contribution in [1.29, 1.82) is 0 Å². The number of hydrogen-bond acceptors (Lipinski definition) is 3. The average Bonchev–Trinajstić information content (AvgIpc) is 3.07. The molecule has 3 rings (SSSR count). The first-order valence-electron chi connectivity index (χ1n) is 6.73. The molecule has 0 spiro atoms. The van der Waals surface area contributed by atoms with E-state index < -0.39 is 0 Å². The van der Waals surface area contributed by atoms with Crippen molar-refractivity contribution in [3.63, 3.8) is 0 Å². The second-order valence-corrected chi connectivity index (χ2v) is 5.93.